The van der Waals surface area contributed by atoms with Gasteiger partial charge in [-0.3, -0.25) is 9.59 Å². The number of aromatic nitrogens is 2. The lowest BCUT2D eigenvalue weighted by Gasteiger charge is -2.08. The van der Waals surface area contributed by atoms with Gasteiger partial charge >= 0.3 is 0 Å². The van der Waals surface area contributed by atoms with Gasteiger partial charge in [-0.25, -0.2) is 4.68 Å². The second kappa shape index (κ2) is 7.68. The van der Waals surface area contributed by atoms with Gasteiger partial charge in [-0.15, -0.1) is 0 Å². The highest BCUT2D eigenvalue weighted by Crippen LogP contribution is 2.19. The Morgan fingerprint density at radius 2 is 1.64 bits per heavy atom. The zero-order valence-corrected chi connectivity index (χ0v) is 15.7. The lowest BCUT2D eigenvalue weighted by Crippen LogP contribution is -2.25. The fourth-order valence-electron chi connectivity index (χ4n) is 2.87. The van der Waals surface area contributed by atoms with Crippen LogP contribution in [-0.2, 0) is 6.54 Å². The van der Waals surface area contributed by atoms with Crippen LogP contribution in [-0.4, -0.2) is 27.6 Å². The highest BCUT2D eigenvalue weighted by Gasteiger charge is 2.23. The molecule has 2 N–H and O–H groups in total. The zero-order valence-electron chi connectivity index (χ0n) is 15.7. The molecule has 6 heteroatoms. The summed E-state index contributed by atoms with van der Waals surface area (Å²) in [4.78, 5) is 24.4. The summed E-state index contributed by atoms with van der Waals surface area (Å²) >= 11 is 0. The van der Waals surface area contributed by atoms with E-state index in [1.54, 1.807) is 35.1 Å². The molecule has 1 heterocycles. The molecule has 0 atom stereocenters. The summed E-state index contributed by atoms with van der Waals surface area (Å²) in [6.07, 6.45) is 5.86. The van der Waals surface area contributed by atoms with E-state index in [1.165, 1.54) is 0 Å². The summed E-state index contributed by atoms with van der Waals surface area (Å²) < 4.78 is 1.78. The number of aryl methyl sites for hydroxylation is 1. The van der Waals surface area contributed by atoms with Crippen molar-refractivity contribution in [1.82, 2.24) is 20.4 Å². The van der Waals surface area contributed by atoms with Crippen molar-refractivity contribution in [1.29, 1.82) is 0 Å². The van der Waals surface area contributed by atoms with Gasteiger partial charge < -0.3 is 10.6 Å². The molecule has 1 aliphatic carbocycles. The summed E-state index contributed by atoms with van der Waals surface area (Å²) in [6, 6.07) is 15.0. The average Bonchev–Trinajstić information content (AvgIpc) is 3.43. The van der Waals surface area contributed by atoms with Crippen LogP contribution in [0, 0.1) is 6.92 Å². The van der Waals surface area contributed by atoms with Crippen LogP contribution < -0.4 is 10.6 Å². The Balaban J connectivity index is 1.32. The number of nitrogens with zero attached hydrogens (tertiary/aromatic N) is 2. The Bertz CT molecular complexity index is 986. The number of rotatable bonds is 6. The zero-order chi connectivity index (χ0) is 19.5. The molecule has 28 heavy (non-hydrogen) atoms. The minimum Gasteiger partial charge on any atom is -0.349 e. The molecule has 3 aromatic rings. The summed E-state index contributed by atoms with van der Waals surface area (Å²) in [6.45, 7) is 2.39. The first-order chi connectivity index (χ1) is 13.6. The molecular formula is C22H22N4O2. The van der Waals surface area contributed by atoms with E-state index in [1.807, 2.05) is 37.4 Å². The maximum Gasteiger partial charge on any atom is 0.251 e. The SMILES string of the molecule is Cc1cnn(-c2ccc(C(=O)NCc3ccc(C(=O)NC4CC4)cc3)cc2)c1. The molecule has 0 saturated heterocycles. The quantitative estimate of drug-likeness (QED) is 0.696. The van der Waals surface area contributed by atoms with Crippen LogP contribution in [0.1, 0.15) is 44.7 Å². The fourth-order valence-corrected chi connectivity index (χ4v) is 2.87. The molecule has 4 rings (SSSR count). The van der Waals surface area contributed by atoms with E-state index in [2.05, 4.69) is 15.7 Å². The smallest absolute Gasteiger partial charge is 0.251 e. The number of benzene rings is 2. The van der Waals surface area contributed by atoms with Crippen LogP contribution >= 0.6 is 0 Å². The predicted octanol–water partition coefficient (Wildman–Crippen LogP) is 3.00. The first-order valence-corrected chi connectivity index (χ1v) is 9.38. The Morgan fingerprint density at radius 1 is 1.00 bits per heavy atom. The Labute approximate surface area is 163 Å². The van der Waals surface area contributed by atoms with E-state index < -0.39 is 0 Å². The Morgan fingerprint density at radius 3 is 2.25 bits per heavy atom. The number of amides is 2. The predicted molar refractivity (Wildman–Crippen MR) is 106 cm³/mol. The fraction of sp³-hybridized carbons (Fsp3) is 0.227. The van der Waals surface area contributed by atoms with E-state index >= 15 is 0 Å². The molecule has 2 amide bonds. The van der Waals surface area contributed by atoms with Crippen LogP contribution in [0.4, 0.5) is 0 Å². The van der Waals surface area contributed by atoms with Gasteiger partial charge in [0, 0.05) is 29.9 Å². The highest BCUT2D eigenvalue weighted by molar-refractivity contribution is 5.95. The second-order valence-electron chi connectivity index (χ2n) is 7.14. The van der Waals surface area contributed by atoms with Crippen molar-refractivity contribution < 1.29 is 9.59 Å². The lowest BCUT2D eigenvalue weighted by atomic mass is 10.1. The summed E-state index contributed by atoms with van der Waals surface area (Å²) in [5, 5.41) is 10.1. The Hall–Kier alpha value is -3.41. The standard InChI is InChI=1S/C22H22N4O2/c1-15-12-24-26(14-15)20-10-6-17(7-11-20)21(27)23-13-16-2-4-18(5-3-16)22(28)25-19-8-9-19/h2-7,10-12,14,19H,8-9,13H2,1H3,(H,23,27)(H,25,28). The largest absolute Gasteiger partial charge is 0.349 e. The molecular weight excluding hydrogens is 352 g/mol. The van der Waals surface area contributed by atoms with Crippen LogP contribution in [0.25, 0.3) is 5.69 Å². The Kier molecular flexibility index (Phi) is 4.93. The summed E-state index contributed by atoms with van der Waals surface area (Å²) in [5.74, 6) is -0.177. The van der Waals surface area contributed by atoms with E-state index in [9.17, 15) is 9.59 Å². The summed E-state index contributed by atoms with van der Waals surface area (Å²) in [7, 11) is 0. The molecule has 0 radical (unpaired) electrons. The molecule has 1 saturated carbocycles. The molecule has 142 valence electrons. The minimum atomic E-state index is -0.140. The number of hydrogen-bond acceptors (Lipinski definition) is 3. The van der Waals surface area contributed by atoms with Gasteiger partial charge in [-0.05, 0) is 67.3 Å². The van der Waals surface area contributed by atoms with E-state index in [0.29, 0.717) is 23.7 Å². The van der Waals surface area contributed by atoms with Gasteiger partial charge in [-0.1, -0.05) is 12.1 Å². The van der Waals surface area contributed by atoms with Gasteiger partial charge in [0.05, 0.1) is 11.9 Å². The molecule has 0 bridgehead atoms. The first kappa shape index (κ1) is 18.0. The number of carbonyl (C=O) groups excluding carboxylic acids is 2. The van der Waals surface area contributed by atoms with Crippen molar-refractivity contribution in [2.45, 2.75) is 32.4 Å². The van der Waals surface area contributed by atoms with Crippen molar-refractivity contribution in [3.63, 3.8) is 0 Å². The third kappa shape index (κ3) is 4.28. The van der Waals surface area contributed by atoms with Crippen LogP contribution in [0.3, 0.4) is 0 Å². The van der Waals surface area contributed by atoms with Crippen LogP contribution in [0.2, 0.25) is 0 Å². The van der Waals surface area contributed by atoms with Crippen molar-refractivity contribution in [2.75, 3.05) is 0 Å². The minimum absolute atomic E-state index is 0.0365. The molecule has 0 spiro atoms. The molecule has 1 fully saturated rings. The average molecular weight is 374 g/mol. The van der Waals surface area contributed by atoms with Crippen molar-refractivity contribution in [2.24, 2.45) is 0 Å². The molecule has 0 unspecified atom stereocenters. The van der Waals surface area contributed by atoms with Gasteiger partial charge in [0.1, 0.15) is 0 Å². The first-order valence-electron chi connectivity index (χ1n) is 9.38. The lowest BCUT2D eigenvalue weighted by molar-refractivity contribution is 0.0941. The van der Waals surface area contributed by atoms with Gasteiger partial charge in [0.2, 0.25) is 0 Å². The molecule has 1 aromatic heterocycles. The molecule has 1 aliphatic rings. The van der Waals surface area contributed by atoms with E-state index in [0.717, 1.165) is 29.7 Å². The monoisotopic (exact) mass is 374 g/mol. The van der Waals surface area contributed by atoms with Crippen LogP contribution in [0.15, 0.2) is 60.9 Å². The molecule has 6 nitrogen and oxygen atoms in total. The van der Waals surface area contributed by atoms with Gasteiger partial charge in [0.25, 0.3) is 11.8 Å². The molecule has 2 aromatic carbocycles. The van der Waals surface area contributed by atoms with E-state index in [4.69, 9.17) is 0 Å². The maximum absolute atomic E-state index is 12.4. The van der Waals surface area contributed by atoms with Crippen LogP contribution in [0.5, 0.6) is 0 Å². The van der Waals surface area contributed by atoms with Crippen molar-refractivity contribution >= 4 is 11.8 Å². The number of nitrogens with one attached hydrogen (secondary N) is 2. The number of hydrogen-bond donors (Lipinski definition) is 2. The second-order valence-corrected chi connectivity index (χ2v) is 7.14. The topological polar surface area (TPSA) is 76.0 Å². The third-order valence-corrected chi connectivity index (χ3v) is 4.69. The highest BCUT2D eigenvalue weighted by atomic mass is 16.2. The maximum atomic E-state index is 12.4. The van der Waals surface area contributed by atoms with Gasteiger partial charge in [0.15, 0.2) is 0 Å². The number of carbonyl (C=O) groups is 2. The van der Waals surface area contributed by atoms with E-state index in [-0.39, 0.29) is 11.8 Å². The van der Waals surface area contributed by atoms with Gasteiger partial charge in [-0.2, -0.15) is 5.10 Å². The third-order valence-electron chi connectivity index (χ3n) is 4.69. The molecule has 0 aliphatic heterocycles. The normalized spacial score (nSPS) is 13.2. The summed E-state index contributed by atoms with van der Waals surface area (Å²) in [5.41, 5.74) is 4.17. The van der Waals surface area contributed by atoms with Crippen molar-refractivity contribution in [3.05, 3.63) is 83.2 Å². The van der Waals surface area contributed by atoms with Crippen molar-refractivity contribution in [3.8, 4) is 5.69 Å².